The summed E-state index contributed by atoms with van der Waals surface area (Å²) < 4.78 is 5.81. The molecule has 1 aromatic rings. The number of carboxylic acid groups (broad SMARTS) is 1. The van der Waals surface area contributed by atoms with Crippen molar-refractivity contribution in [1.82, 2.24) is 0 Å². The van der Waals surface area contributed by atoms with Crippen molar-refractivity contribution in [2.24, 2.45) is 5.92 Å². The van der Waals surface area contributed by atoms with Gasteiger partial charge >= 0.3 is 5.97 Å². The normalized spacial score (nSPS) is 20.6. The van der Waals surface area contributed by atoms with Crippen LogP contribution in [0, 0.1) is 5.92 Å². The zero-order valence-electron chi connectivity index (χ0n) is 15.4. The van der Waals surface area contributed by atoms with Crippen molar-refractivity contribution in [2.45, 2.75) is 76.2 Å². The van der Waals surface area contributed by atoms with Gasteiger partial charge in [-0.05, 0) is 29.7 Å². The topological polar surface area (TPSA) is 66.8 Å². The van der Waals surface area contributed by atoms with Crippen LogP contribution in [0.15, 0.2) is 18.2 Å². The van der Waals surface area contributed by atoms with Crippen LogP contribution in [0.1, 0.15) is 69.9 Å². The molecule has 0 aromatic heterocycles. The molecule has 1 saturated carbocycles. The fourth-order valence-electron chi connectivity index (χ4n) is 4.68. The van der Waals surface area contributed by atoms with Gasteiger partial charge in [-0.2, -0.15) is 0 Å². The lowest BCUT2D eigenvalue weighted by Crippen LogP contribution is -2.45. The first kappa shape index (κ1) is 18.2. The van der Waals surface area contributed by atoms with Crippen LogP contribution in [0.25, 0.3) is 0 Å². The van der Waals surface area contributed by atoms with Gasteiger partial charge in [0.15, 0.2) is 5.60 Å². The van der Waals surface area contributed by atoms with Gasteiger partial charge in [0.25, 0.3) is 0 Å². The van der Waals surface area contributed by atoms with Crippen molar-refractivity contribution in [2.75, 3.05) is 6.61 Å². The Hall–Kier alpha value is -1.55. The summed E-state index contributed by atoms with van der Waals surface area (Å²) in [5.41, 5.74) is 0.0205. The highest BCUT2D eigenvalue weighted by atomic mass is 16.5. The molecule has 4 heteroatoms. The molecule has 0 radical (unpaired) electrons. The molecule has 0 spiro atoms. The first-order valence-electron chi connectivity index (χ1n) is 9.53. The van der Waals surface area contributed by atoms with Crippen molar-refractivity contribution >= 4 is 5.97 Å². The van der Waals surface area contributed by atoms with Crippen LogP contribution in [0.4, 0.5) is 0 Å². The molecule has 0 amide bonds. The molecule has 1 unspecified atom stereocenters. The molecular formula is C21H30O4. The Morgan fingerprint density at radius 2 is 1.96 bits per heavy atom. The summed E-state index contributed by atoms with van der Waals surface area (Å²) in [6, 6.07) is 6.08. The Morgan fingerprint density at radius 1 is 1.24 bits per heavy atom. The Labute approximate surface area is 150 Å². The van der Waals surface area contributed by atoms with E-state index in [4.69, 9.17) is 4.74 Å². The summed E-state index contributed by atoms with van der Waals surface area (Å²) in [5.74, 6) is 0.0981. The molecule has 1 heterocycles. The maximum atomic E-state index is 12.0. The minimum atomic E-state index is -1.69. The number of para-hydroxylation sites is 1. The molecule has 1 aromatic carbocycles. The van der Waals surface area contributed by atoms with Crippen molar-refractivity contribution < 1.29 is 19.7 Å². The summed E-state index contributed by atoms with van der Waals surface area (Å²) in [6.07, 6.45) is 7.01. The van der Waals surface area contributed by atoms with Crippen LogP contribution in [0.5, 0.6) is 5.75 Å². The molecular weight excluding hydrogens is 316 g/mol. The van der Waals surface area contributed by atoms with Gasteiger partial charge in [-0.15, -0.1) is 0 Å². The standard InChI is InChI=1S/C21H30O4/c1-20(2,17-10-6-9-16-11-12-25-18(16)17)14-21(24,19(22)23)13-15-7-4-3-5-8-15/h6,9-10,15,24H,3-5,7-8,11-14H2,1-2H3,(H,22,23). The van der Waals surface area contributed by atoms with Gasteiger partial charge in [0.1, 0.15) is 5.75 Å². The molecule has 2 N–H and O–H groups in total. The second kappa shape index (κ2) is 6.99. The number of hydrogen-bond donors (Lipinski definition) is 2. The zero-order valence-corrected chi connectivity index (χ0v) is 15.4. The summed E-state index contributed by atoms with van der Waals surface area (Å²) in [6.45, 7) is 4.70. The molecule has 1 aliphatic heterocycles. The van der Waals surface area contributed by atoms with Gasteiger partial charge < -0.3 is 14.9 Å². The van der Waals surface area contributed by atoms with E-state index < -0.39 is 17.0 Å². The van der Waals surface area contributed by atoms with Crippen molar-refractivity contribution in [3.63, 3.8) is 0 Å². The van der Waals surface area contributed by atoms with E-state index >= 15 is 0 Å². The second-order valence-electron chi connectivity index (χ2n) is 8.50. The second-order valence-corrected chi connectivity index (χ2v) is 8.50. The minimum Gasteiger partial charge on any atom is -0.493 e. The average molecular weight is 346 g/mol. The Balaban J connectivity index is 1.83. The zero-order chi connectivity index (χ0) is 18.1. The van der Waals surface area contributed by atoms with Crippen LogP contribution in [0.2, 0.25) is 0 Å². The Bertz CT molecular complexity index is 631. The predicted molar refractivity (Wildman–Crippen MR) is 97.1 cm³/mol. The molecule has 1 atom stereocenters. The fourth-order valence-corrected chi connectivity index (χ4v) is 4.68. The maximum Gasteiger partial charge on any atom is 0.335 e. The van der Waals surface area contributed by atoms with Gasteiger partial charge in [-0.1, -0.05) is 64.2 Å². The van der Waals surface area contributed by atoms with E-state index in [-0.39, 0.29) is 6.42 Å². The quantitative estimate of drug-likeness (QED) is 0.815. The number of aliphatic hydroxyl groups is 1. The SMILES string of the molecule is CC(C)(CC(O)(CC1CCCCC1)C(=O)O)c1cccc2c1OCC2. The third kappa shape index (κ3) is 3.84. The Morgan fingerprint density at radius 3 is 2.64 bits per heavy atom. The van der Waals surface area contributed by atoms with E-state index in [9.17, 15) is 15.0 Å². The van der Waals surface area contributed by atoms with E-state index in [1.165, 1.54) is 12.0 Å². The lowest BCUT2D eigenvalue weighted by molar-refractivity contribution is -0.163. The number of ether oxygens (including phenoxy) is 1. The lowest BCUT2D eigenvalue weighted by Gasteiger charge is -2.37. The number of aliphatic carboxylic acids is 1. The minimum absolute atomic E-state index is 0.200. The predicted octanol–water partition coefficient (Wildman–Crippen LogP) is 4.08. The van der Waals surface area contributed by atoms with Crippen molar-refractivity contribution in [3.8, 4) is 5.75 Å². The molecule has 2 aliphatic rings. The van der Waals surface area contributed by atoms with Crippen LogP contribution in [0.3, 0.4) is 0 Å². The highest BCUT2D eigenvalue weighted by Gasteiger charge is 2.44. The number of carboxylic acids is 1. The van der Waals surface area contributed by atoms with Crippen molar-refractivity contribution in [1.29, 1.82) is 0 Å². The third-order valence-electron chi connectivity index (χ3n) is 5.93. The number of fused-ring (bicyclic) bond motifs is 1. The van der Waals surface area contributed by atoms with Gasteiger partial charge in [0.2, 0.25) is 0 Å². The molecule has 0 bridgehead atoms. The number of benzene rings is 1. The Kier molecular flexibility index (Phi) is 5.10. The van der Waals surface area contributed by atoms with Gasteiger partial charge in [-0.3, -0.25) is 0 Å². The number of carbonyl (C=O) groups is 1. The number of rotatable bonds is 6. The molecule has 25 heavy (non-hydrogen) atoms. The fraction of sp³-hybridized carbons (Fsp3) is 0.667. The summed E-state index contributed by atoms with van der Waals surface area (Å²) in [5, 5.41) is 20.8. The summed E-state index contributed by atoms with van der Waals surface area (Å²) in [7, 11) is 0. The van der Waals surface area contributed by atoms with E-state index in [1.54, 1.807) is 0 Å². The third-order valence-corrected chi connectivity index (χ3v) is 5.93. The summed E-state index contributed by atoms with van der Waals surface area (Å²) >= 11 is 0. The van der Waals surface area contributed by atoms with E-state index in [2.05, 4.69) is 6.07 Å². The summed E-state index contributed by atoms with van der Waals surface area (Å²) in [4.78, 5) is 12.0. The van der Waals surface area contributed by atoms with Crippen LogP contribution < -0.4 is 4.74 Å². The number of hydrogen-bond acceptors (Lipinski definition) is 3. The average Bonchev–Trinajstić information content (AvgIpc) is 3.03. The van der Waals surface area contributed by atoms with Crippen LogP contribution in [-0.4, -0.2) is 28.4 Å². The van der Waals surface area contributed by atoms with E-state index in [0.29, 0.717) is 18.9 Å². The first-order chi connectivity index (χ1) is 11.8. The first-order valence-corrected chi connectivity index (χ1v) is 9.53. The molecule has 138 valence electrons. The van der Waals surface area contributed by atoms with E-state index in [1.807, 2.05) is 26.0 Å². The maximum absolute atomic E-state index is 12.0. The molecule has 4 nitrogen and oxygen atoms in total. The van der Waals surface area contributed by atoms with Crippen LogP contribution >= 0.6 is 0 Å². The smallest absolute Gasteiger partial charge is 0.335 e. The van der Waals surface area contributed by atoms with Gasteiger partial charge in [0.05, 0.1) is 6.61 Å². The van der Waals surface area contributed by atoms with Gasteiger partial charge in [-0.25, -0.2) is 4.79 Å². The lowest BCUT2D eigenvalue weighted by atomic mass is 9.70. The molecule has 1 aliphatic carbocycles. The monoisotopic (exact) mass is 346 g/mol. The largest absolute Gasteiger partial charge is 0.493 e. The van der Waals surface area contributed by atoms with E-state index in [0.717, 1.165) is 43.4 Å². The highest BCUT2D eigenvalue weighted by molar-refractivity contribution is 5.77. The van der Waals surface area contributed by atoms with Crippen LogP contribution in [-0.2, 0) is 16.6 Å². The van der Waals surface area contributed by atoms with Gasteiger partial charge in [0, 0.05) is 12.0 Å². The molecule has 0 saturated heterocycles. The highest BCUT2D eigenvalue weighted by Crippen LogP contribution is 2.43. The van der Waals surface area contributed by atoms with Crippen molar-refractivity contribution in [3.05, 3.63) is 29.3 Å². The molecule has 3 rings (SSSR count). The molecule has 1 fully saturated rings.